The van der Waals surface area contributed by atoms with Crippen molar-refractivity contribution in [1.29, 1.82) is 0 Å². The van der Waals surface area contributed by atoms with Gasteiger partial charge in [0.25, 0.3) is 0 Å². The number of nitrogens with one attached hydrogen (secondary N) is 1. The molecule has 78 valence electrons. The molecule has 14 heavy (non-hydrogen) atoms. The number of halogens is 1. The van der Waals surface area contributed by atoms with E-state index >= 15 is 0 Å². The summed E-state index contributed by atoms with van der Waals surface area (Å²) in [6.45, 7) is 4.49. The fourth-order valence-corrected chi connectivity index (χ4v) is 1.21. The van der Waals surface area contributed by atoms with E-state index < -0.39 is 0 Å². The second kappa shape index (κ2) is 5.76. The van der Waals surface area contributed by atoms with E-state index in [0.717, 1.165) is 6.54 Å². The molecule has 0 saturated carbocycles. The Bertz CT molecular complexity index is 248. The Morgan fingerprint density at radius 3 is 2.43 bits per heavy atom. The summed E-state index contributed by atoms with van der Waals surface area (Å²) in [7, 11) is 0. The highest BCUT2D eigenvalue weighted by atomic mass is 19.1. The van der Waals surface area contributed by atoms with Gasteiger partial charge in [0.05, 0.1) is 6.67 Å². The summed E-state index contributed by atoms with van der Waals surface area (Å²) < 4.78 is 12.3. The van der Waals surface area contributed by atoms with Gasteiger partial charge in [0.2, 0.25) is 0 Å². The number of rotatable bonds is 5. The van der Waals surface area contributed by atoms with Crippen LogP contribution in [0.3, 0.4) is 0 Å². The third-order valence-corrected chi connectivity index (χ3v) is 2.57. The molecule has 0 radical (unpaired) electrons. The SMILES string of the molecule is CC(CF)C(C)NCc1ccccc1. The van der Waals surface area contributed by atoms with E-state index in [4.69, 9.17) is 0 Å². The van der Waals surface area contributed by atoms with Gasteiger partial charge in [-0.25, -0.2) is 0 Å². The standard InChI is InChI=1S/C12H18FN/c1-10(8-13)11(2)14-9-12-6-4-3-5-7-12/h3-7,10-11,14H,8-9H2,1-2H3. The maximum atomic E-state index is 12.3. The quantitative estimate of drug-likeness (QED) is 0.761. The van der Waals surface area contributed by atoms with E-state index in [1.54, 1.807) is 0 Å². The van der Waals surface area contributed by atoms with E-state index in [0.29, 0.717) is 0 Å². The van der Waals surface area contributed by atoms with Crippen molar-refractivity contribution < 1.29 is 4.39 Å². The number of hydrogen-bond donors (Lipinski definition) is 1. The lowest BCUT2D eigenvalue weighted by Gasteiger charge is -2.18. The van der Waals surface area contributed by atoms with Gasteiger partial charge in [-0.2, -0.15) is 0 Å². The molecule has 1 aromatic carbocycles. The summed E-state index contributed by atoms with van der Waals surface area (Å²) in [6.07, 6.45) is 0. The molecular weight excluding hydrogens is 177 g/mol. The molecule has 0 heterocycles. The van der Waals surface area contributed by atoms with Crippen LogP contribution in [0.2, 0.25) is 0 Å². The lowest BCUT2D eigenvalue weighted by atomic mass is 10.1. The number of hydrogen-bond acceptors (Lipinski definition) is 1. The first-order chi connectivity index (χ1) is 6.74. The monoisotopic (exact) mass is 195 g/mol. The molecule has 1 rings (SSSR count). The van der Waals surface area contributed by atoms with E-state index in [2.05, 4.69) is 17.4 Å². The summed E-state index contributed by atoms with van der Waals surface area (Å²) in [6, 6.07) is 10.4. The first kappa shape index (κ1) is 11.2. The van der Waals surface area contributed by atoms with Crippen molar-refractivity contribution in [2.24, 2.45) is 5.92 Å². The molecule has 2 heteroatoms. The van der Waals surface area contributed by atoms with Gasteiger partial charge in [-0.05, 0) is 18.4 Å². The fraction of sp³-hybridized carbons (Fsp3) is 0.500. The molecule has 1 N–H and O–H groups in total. The van der Waals surface area contributed by atoms with Crippen LogP contribution in [0.1, 0.15) is 19.4 Å². The van der Waals surface area contributed by atoms with Gasteiger partial charge in [-0.1, -0.05) is 37.3 Å². The smallest absolute Gasteiger partial charge is 0.0934 e. The van der Waals surface area contributed by atoms with Crippen molar-refractivity contribution in [3.8, 4) is 0 Å². The van der Waals surface area contributed by atoms with Crippen LogP contribution in [0, 0.1) is 5.92 Å². The predicted molar refractivity (Wildman–Crippen MR) is 57.9 cm³/mol. The Morgan fingerprint density at radius 1 is 1.21 bits per heavy atom. The molecule has 0 aliphatic carbocycles. The van der Waals surface area contributed by atoms with Crippen molar-refractivity contribution in [2.45, 2.75) is 26.4 Å². The molecule has 2 atom stereocenters. The average Bonchev–Trinajstić information content (AvgIpc) is 2.26. The molecule has 0 bridgehead atoms. The van der Waals surface area contributed by atoms with Gasteiger partial charge in [0.15, 0.2) is 0 Å². The van der Waals surface area contributed by atoms with E-state index in [1.807, 2.05) is 32.0 Å². The van der Waals surface area contributed by atoms with Crippen LogP contribution >= 0.6 is 0 Å². The predicted octanol–water partition coefficient (Wildman–Crippen LogP) is 2.77. The minimum atomic E-state index is -0.261. The van der Waals surface area contributed by atoms with E-state index in [-0.39, 0.29) is 18.6 Å². The van der Waals surface area contributed by atoms with Crippen LogP contribution in [0.4, 0.5) is 4.39 Å². The van der Waals surface area contributed by atoms with Crippen LogP contribution in [0.5, 0.6) is 0 Å². The zero-order chi connectivity index (χ0) is 10.4. The van der Waals surface area contributed by atoms with Gasteiger partial charge in [0, 0.05) is 12.6 Å². The maximum Gasteiger partial charge on any atom is 0.0934 e. The van der Waals surface area contributed by atoms with Gasteiger partial charge < -0.3 is 5.32 Å². The van der Waals surface area contributed by atoms with Crippen LogP contribution in [-0.2, 0) is 6.54 Å². The van der Waals surface area contributed by atoms with Gasteiger partial charge >= 0.3 is 0 Å². The Hall–Kier alpha value is -0.890. The average molecular weight is 195 g/mol. The fourth-order valence-electron chi connectivity index (χ4n) is 1.21. The summed E-state index contributed by atoms with van der Waals surface area (Å²) in [4.78, 5) is 0. The highest BCUT2D eigenvalue weighted by molar-refractivity contribution is 5.14. The summed E-state index contributed by atoms with van der Waals surface area (Å²) >= 11 is 0. The Balaban J connectivity index is 2.34. The van der Waals surface area contributed by atoms with Crippen LogP contribution < -0.4 is 5.32 Å². The van der Waals surface area contributed by atoms with Gasteiger partial charge in [-0.3, -0.25) is 4.39 Å². The minimum Gasteiger partial charge on any atom is -0.310 e. The topological polar surface area (TPSA) is 12.0 Å². The molecule has 0 amide bonds. The lowest BCUT2D eigenvalue weighted by molar-refractivity contribution is 0.310. The zero-order valence-corrected chi connectivity index (χ0v) is 8.83. The van der Waals surface area contributed by atoms with E-state index in [1.165, 1.54) is 5.56 Å². The third kappa shape index (κ3) is 3.46. The molecule has 0 saturated heterocycles. The van der Waals surface area contributed by atoms with Crippen molar-refractivity contribution >= 4 is 0 Å². The second-order valence-corrected chi connectivity index (χ2v) is 3.79. The largest absolute Gasteiger partial charge is 0.310 e. The van der Waals surface area contributed by atoms with Crippen LogP contribution in [-0.4, -0.2) is 12.7 Å². The number of alkyl halides is 1. The summed E-state index contributed by atoms with van der Waals surface area (Å²) in [5.41, 5.74) is 1.24. The maximum absolute atomic E-state index is 12.3. The second-order valence-electron chi connectivity index (χ2n) is 3.79. The molecule has 1 nitrogen and oxygen atoms in total. The normalized spacial score (nSPS) is 15.1. The Labute approximate surface area is 85.3 Å². The van der Waals surface area contributed by atoms with Crippen molar-refractivity contribution in [2.75, 3.05) is 6.67 Å². The highest BCUT2D eigenvalue weighted by Crippen LogP contribution is 2.04. The third-order valence-electron chi connectivity index (χ3n) is 2.57. The molecule has 0 aromatic heterocycles. The van der Waals surface area contributed by atoms with Crippen molar-refractivity contribution in [1.82, 2.24) is 5.32 Å². The van der Waals surface area contributed by atoms with Gasteiger partial charge in [0.1, 0.15) is 0 Å². The first-order valence-corrected chi connectivity index (χ1v) is 5.07. The Kier molecular flexibility index (Phi) is 4.60. The molecule has 1 aromatic rings. The molecule has 0 aliphatic heterocycles. The molecule has 2 unspecified atom stereocenters. The first-order valence-electron chi connectivity index (χ1n) is 5.07. The highest BCUT2D eigenvalue weighted by Gasteiger charge is 2.10. The molecule has 0 spiro atoms. The molecule has 0 aliphatic rings. The lowest BCUT2D eigenvalue weighted by Crippen LogP contribution is -2.32. The zero-order valence-electron chi connectivity index (χ0n) is 8.83. The molecular formula is C12H18FN. The van der Waals surface area contributed by atoms with E-state index in [9.17, 15) is 4.39 Å². The molecule has 0 fully saturated rings. The minimum absolute atomic E-state index is 0.0821. The van der Waals surface area contributed by atoms with Crippen molar-refractivity contribution in [3.05, 3.63) is 35.9 Å². The van der Waals surface area contributed by atoms with Crippen molar-refractivity contribution in [3.63, 3.8) is 0 Å². The summed E-state index contributed by atoms with van der Waals surface area (Å²) in [5, 5.41) is 3.31. The van der Waals surface area contributed by atoms with Gasteiger partial charge in [-0.15, -0.1) is 0 Å². The number of benzene rings is 1. The van der Waals surface area contributed by atoms with Crippen LogP contribution in [0.25, 0.3) is 0 Å². The Morgan fingerprint density at radius 2 is 1.86 bits per heavy atom. The van der Waals surface area contributed by atoms with Crippen LogP contribution in [0.15, 0.2) is 30.3 Å². The summed E-state index contributed by atoms with van der Waals surface area (Å²) in [5.74, 6) is 0.0821.